The second-order valence-electron chi connectivity index (χ2n) is 10.2. The number of carbonyl (C=O) groups excluding carboxylic acids is 2. The number of unbranched alkanes of at least 4 members (excludes halogenated alkanes) is 4. The summed E-state index contributed by atoms with van der Waals surface area (Å²) >= 11 is 4.90. The number of hydrogen-bond donors (Lipinski definition) is 0. The van der Waals surface area contributed by atoms with Gasteiger partial charge in [-0.25, -0.2) is 0 Å². The van der Waals surface area contributed by atoms with Crippen LogP contribution in [-0.2, 0) is 31.9 Å². The Balaban J connectivity index is 1.71. The number of thiophene rings is 2. The van der Waals surface area contributed by atoms with E-state index in [1.54, 1.807) is 0 Å². The van der Waals surface area contributed by atoms with Gasteiger partial charge in [0.25, 0.3) is 0 Å². The molecule has 4 rings (SSSR count). The first-order valence-corrected chi connectivity index (χ1v) is 17.0. The molecule has 0 bridgehead atoms. The summed E-state index contributed by atoms with van der Waals surface area (Å²) in [6.07, 6.45) is 8.30. The van der Waals surface area contributed by atoms with Crippen molar-refractivity contribution in [1.29, 1.82) is 0 Å². The van der Waals surface area contributed by atoms with Gasteiger partial charge in [0.15, 0.2) is 0 Å². The standard InChI is InChI=1S/C32H40N2O4S3/c1-5-37-27(35)15-11-7-9-13-23-24(14-10-8-12-16-28(36)38-6-2)30(26-20-18-22(4)40-26)32-31(33-41-34-32)29(23)25-19-17-21(3)39-25/h17-20H,5-16H2,1-4H3. The second kappa shape index (κ2) is 15.6. The maximum absolute atomic E-state index is 11.9. The SMILES string of the molecule is CCOC(=O)CCCCCc1c(CCCCCC(=O)OCC)c(-c2ccc(C)s2)c2nsnc2c1-c1ccc(C)s1. The van der Waals surface area contributed by atoms with E-state index in [1.165, 1.54) is 53.5 Å². The number of carbonyl (C=O) groups is 2. The fraction of sp³-hybridized carbons (Fsp3) is 0.500. The molecule has 0 unspecified atom stereocenters. The Morgan fingerprint density at radius 1 is 0.659 bits per heavy atom. The van der Waals surface area contributed by atoms with Crippen LogP contribution in [0.15, 0.2) is 24.3 Å². The van der Waals surface area contributed by atoms with Crippen molar-refractivity contribution < 1.29 is 19.1 Å². The van der Waals surface area contributed by atoms with E-state index < -0.39 is 0 Å². The molecule has 0 saturated carbocycles. The van der Waals surface area contributed by atoms with E-state index in [1.807, 2.05) is 36.5 Å². The predicted octanol–water partition coefficient (Wildman–Crippen LogP) is 9.10. The minimum atomic E-state index is -0.115. The lowest BCUT2D eigenvalue weighted by atomic mass is 9.86. The van der Waals surface area contributed by atoms with Crippen LogP contribution in [0.4, 0.5) is 0 Å². The van der Waals surface area contributed by atoms with E-state index in [0.717, 1.165) is 62.4 Å². The van der Waals surface area contributed by atoms with Crippen LogP contribution in [0.5, 0.6) is 0 Å². The molecule has 0 aliphatic carbocycles. The largest absolute Gasteiger partial charge is 0.466 e. The Kier molecular flexibility index (Phi) is 11.9. The third-order valence-electron chi connectivity index (χ3n) is 7.13. The Hall–Kier alpha value is -2.62. The van der Waals surface area contributed by atoms with Crippen molar-refractivity contribution in [3.05, 3.63) is 45.1 Å². The number of hydrogen-bond acceptors (Lipinski definition) is 9. The zero-order chi connectivity index (χ0) is 29.2. The molecule has 1 aromatic carbocycles. The van der Waals surface area contributed by atoms with Gasteiger partial charge in [-0.15, -0.1) is 22.7 Å². The summed E-state index contributed by atoms with van der Waals surface area (Å²) in [7, 11) is 0. The van der Waals surface area contributed by atoms with E-state index in [9.17, 15) is 9.59 Å². The Bertz CT molecular complexity index is 1350. The Morgan fingerprint density at radius 3 is 1.46 bits per heavy atom. The second-order valence-corrected chi connectivity index (χ2v) is 13.3. The molecule has 0 aliphatic rings. The van der Waals surface area contributed by atoms with Crippen molar-refractivity contribution >= 4 is 57.4 Å². The monoisotopic (exact) mass is 612 g/mol. The molecule has 0 fully saturated rings. The Labute approximate surface area is 255 Å². The van der Waals surface area contributed by atoms with E-state index in [2.05, 4.69) is 38.1 Å². The summed E-state index contributed by atoms with van der Waals surface area (Å²) < 4.78 is 20.0. The first-order valence-electron chi connectivity index (χ1n) is 14.7. The first kappa shape index (κ1) is 31.3. The maximum atomic E-state index is 11.9. The van der Waals surface area contributed by atoms with Crippen LogP contribution in [0.1, 0.15) is 86.1 Å². The van der Waals surface area contributed by atoms with Crippen LogP contribution in [-0.4, -0.2) is 33.9 Å². The van der Waals surface area contributed by atoms with E-state index >= 15 is 0 Å². The molecule has 3 aromatic heterocycles. The number of nitrogens with zero attached hydrogens (tertiary/aromatic N) is 2. The molecule has 0 amide bonds. The zero-order valence-corrected chi connectivity index (χ0v) is 27.0. The molecular formula is C32H40N2O4S3. The molecule has 0 radical (unpaired) electrons. The summed E-state index contributed by atoms with van der Waals surface area (Å²) in [4.78, 5) is 28.8. The fourth-order valence-corrected chi connectivity index (χ4v) is 7.73. The van der Waals surface area contributed by atoms with Crippen molar-refractivity contribution in [2.75, 3.05) is 13.2 Å². The molecule has 6 nitrogen and oxygen atoms in total. The molecule has 41 heavy (non-hydrogen) atoms. The smallest absolute Gasteiger partial charge is 0.305 e. The highest BCUT2D eigenvalue weighted by Gasteiger charge is 2.25. The van der Waals surface area contributed by atoms with Gasteiger partial charge in [0.1, 0.15) is 11.0 Å². The molecule has 0 aliphatic heterocycles. The lowest BCUT2D eigenvalue weighted by Gasteiger charge is -2.19. The number of aryl methyl sites for hydroxylation is 2. The van der Waals surface area contributed by atoms with Crippen LogP contribution in [0.3, 0.4) is 0 Å². The van der Waals surface area contributed by atoms with Gasteiger partial charge >= 0.3 is 11.9 Å². The van der Waals surface area contributed by atoms with Crippen LogP contribution < -0.4 is 0 Å². The van der Waals surface area contributed by atoms with Crippen molar-refractivity contribution in [3.63, 3.8) is 0 Å². The van der Waals surface area contributed by atoms with Gasteiger partial charge in [-0.05, 0) is 102 Å². The highest BCUT2D eigenvalue weighted by Crippen LogP contribution is 2.45. The van der Waals surface area contributed by atoms with Crippen molar-refractivity contribution in [2.24, 2.45) is 0 Å². The minimum Gasteiger partial charge on any atom is -0.466 e. The molecule has 0 saturated heterocycles. The van der Waals surface area contributed by atoms with Crippen LogP contribution in [0.25, 0.3) is 31.9 Å². The summed E-state index contributed by atoms with van der Waals surface area (Å²) in [6, 6.07) is 8.80. The minimum absolute atomic E-state index is 0.115. The summed E-state index contributed by atoms with van der Waals surface area (Å²) in [6.45, 7) is 8.84. The Morgan fingerprint density at radius 2 is 1.10 bits per heavy atom. The predicted molar refractivity (Wildman–Crippen MR) is 171 cm³/mol. The number of ether oxygens (including phenoxy) is 2. The first-order chi connectivity index (χ1) is 19.9. The van der Waals surface area contributed by atoms with Gasteiger partial charge in [-0.3, -0.25) is 9.59 Å². The lowest BCUT2D eigenvalue weighted by molar-refractivity contribution is -0.144. The maximum Gasteiger partial charge on any atom is 0.305 e. The number of esters is 2. The summed E-state index contributed by atoms with van der Waals surface area (Å²) in [5.74, 6) is -0.229. The topological polar surface area (TPSA) is 78.4 Å². The van der Waals surface area contributed by atoms with E-state index in [-0.39, 0.29) is 11.9 Å². The van der Waals surface area contributed by atoms with E-state index in [0.29, 0.717) is 26.1 Å². The zero-order valence-electron chi connectivity index (χ0n) is 24.5. The highest BCUT2D eigenvalue weighted by atomic mass is 32.1. The molecule has 4 aromatic rings. The number of fused-ring (bicyclic) bond motifs is 1. The van der Waals surface area contributed by atoms with Gasteiger partial charge in [0.2, 0.25) is 0 Å². The van der Waals surface area contributed by atoms with Gasteiger partial charge in [-0.1, -0.05) is 12.8 Å². The molecule has 0 spiro atoms. The third kappa shape index (κ3) is 8.23. The average molecular weight is 613 g/mol. The highest BCUT2D eigenvalue weighted by molar-refractivity contribution is 7.16. The van der Waals surface area contributed by atoms with E-state index in [4.69, 9.17) is 18.2 Å². The number of rotatable bonds is 16. The average Bonchev–Trinajstić information content (AvgIpc) is 3.70. The van der Waals surface area contributed by atoms with Crippen LogP contribution in [0, 0.1) is 13.8 Å². The number of benzene rings is 1. The van der Waals surface area contributed by atoms with Crippen LogP contribution >= 0.6 is 34.4 Å². The normalized spacial score (nSPS) is 11.3. The van der Waals surface area contributed by atoms with Crippen molar-refractivity contribution in [2.45, 2.75) is 91.9 Å². The number of aromatic nitrogens is 2. The van der Waals surface area contributed by atoms with Crippen molar-refractivity contribution in [3.8, 4) is 20.9 Å². The summed E-state index contributed by atoms with van der Waals surface area (Å²) in [5.41, 5.74) is 7.13. The molecule has 0 N–H and O–H groups in total. The van der Waals surface area contributed by atoms with Gasteiger partial charge < -0.3 is 9.47 Å². The van der Waals surface area contributed by atoms with Crippen molar-refractivity contribution in [1.82, 2.24) is 8.75 Å². The van der Waals surface area contributed by atoms with Gasteiger partial charge in [0, 0.05) is 43.5 Å². The summed E-state index contributed by atoms with van der Waals surface area (Å²) in [5, 5.41) is 0. The van der Waals surface area contributed by atoms with Crippen LogP contribution in [0.2, 0.25) is 0 Å². The quantitative estimate of drug-likeness (QED) is 0.0928. The molecule has 0 atom stereocenters. The van der Waals surface area contributed by atoms with Gasteiger partial charge in [0.05, 0.1) is 24.9 Å². The molecule has 220 valence electrons. The molecular weight excluding hydrogens is 573 g/mol. The lowest BCUT2D eigenvalue weighted by Crippen LogP contribution is -2.05. The van der Waals surface area contributed by atoms with Gasteiger partial charge in [-0.2, -0.15) is 8.75 Å². The fourth-order valence-electron chi connectivity index (χ4n) is 5.29. The third-order valence-corrected chi connectivity index (χ3v) is 9.69. The molecule has 9 heteroatoms. The molecule has 3 heterocycles.